The average molecular weight is 274 g/mol. The Labute approximate surface area is 118 Å². The van der Waals surface area contributed by atoms with E-state index >= 15 is 0 Å². The molecule has 0 aliphatic carbocycles. The molecule has 0 spiro atoms. The van der Waals surface area contributed by atoms with Crippen molar-refractivity contribution in [1.29, 1.82) is 0 Å². The number of aromatic nitrogens is 1. The van der Waals surface area contributed by atoms with Crippen LogP contribution in [0.4, 0.5) is 0 Å². The topological polar surface area (TPSA) is 47.2 Å². The third kappa shape index (κ3) is 2.52. The first kappa shape index (κ1) is 13.4. The van der Waals surface area contributed by atoms with E-state index in [9.17, 15) is 4.79 Å². The predicted octanol–water partition coefficient (Wildman–Crippen LogP) is 2.72. The highest BCUT2D eigenvalue weighted by Gasteiger charge is 2.16. The van der Waals surface area contributed by atoms with Gasteiger partial charge in [-0.3, -0.25) is 4.57 Å². The van der Waals surface area contributed by atoms with E-state index in [-0.39, 0.29) is 11.8 Å². The molecule has 0 saturated carbocycles. The molecule has 0 bridgehead atoms. The molecule has 1 aliphatic heterocycles. The summed E-state index contributed by atoms with van der Waals surface area (Å²) in [6.07, 6.45) is 3.59. The zero-order valence-electron chi connectivity index (χ0n) is 12.2. The van der Waals surface area contributed by atoms with E-state index in [2.05, 4.69) is 11.4 Å². The van der Waals surface area contributed by atoms with Crippen molar-refractivity contribution in [3.8, 4) is 0 Å². The number of nitrogens with zero attached hydrogens (tertiary/aromatic N) is 1. The maximum Gasteiger partial charge on any atom is 0.420 e. The van der Waals surface area contributed by atoms with Crippen LogP contribution in [0, 0.1) is 5.92 Å². The predicted molar refractivity (Wildman–Crippen MR) is 80.2 cm³/mol. The van der Waals surface area contributed by atoms with Gasteiger partial charge < -0.3 is 9.73 Å². The van der Waals surface area contributed by atoms with Gasteiger partial charge in [0.05, 0.1) is 5.52 Å². The second-order valence-electron chi connectivity index (χ2n) is 6.05. The monoisotopic (exact) mass is 274 g/mol. The molecule has 1 unspecified atom stereocenters. The number of fused-ring (bicyclic) bond motifs is 1. The summed E-state index contributed by atoms with van der Waals surface area (Å²) < 4.78 is 7.09. The van der Waals surface area contributed by atoms with Gasteiger partial charge in [0.2, 0.25) is 0 Å². The molecule has 0 amide bonds. The molecule has 1 aromatic heterocycles. The van der Waals surface area contributed by atoms with Gasteiger partial charge in [0, 0.05) is 6.04 Å². The number of rotatable bonds is 3. The Kier molecular flexibility index (Phi) is 3.66. The second kappa shape index (κ2) is 5.44. The summed E-state index contributed by atoms with van der Waals surface area (Å²) in [4.78, 5) is 11.9. The first-order chi connectivity index (χ1) is 9.65. The highest BCUT2D eigenvalue weighted by atomic mass is 16.4. The van der Waals surface area contributed by atoms with Crippen LogP contribution in [0.1, 0.15) is 38.3 Å². The van der Waals surface area contributed by atoms with Gasteiger partial charge in [-0.1, -0.05) is 6.07 Å². The van der Waals surface area contributed by atoms with Crippen LogP contribution < -0.4 is 11.1 Å². The molecule has 1 aromatic carbocycles. The van der Waals surface area contributed by atoms with Crippen molar-refractivity contribution >= 4 is 11.1 Å². The summed E-state index contributed by atoms with van der Waals surface area (Å²) in [5.41, 5.74) is 2.87. The SMILES string of the molecule is CC(C)n1c(=O)oc2cc(CC3CCCNC3)ccc21. The van der Waals surface area contributed by atoms with Crippen molar-refractivity contribution in [1.82, 2.24) is 9.88 Å². The third-order valence-corrected chi connectivity index (χ3v) is 4.12. The first-order valence-corrected chi connectivity index (χ1v) is 7.50. The number of hydrogen-bond acceptors (Lipinski definition) is 3. The van der Waals surface area contributed by atoms with E-state index in [0.717, 1.165) is 25.0 Å². The van der Waals surface area contributed by atoms with Crippen molar-refractivity contribution < 1.29 is 4.42 Å². The lowest BCUT2D eigenvalue weighted by atomic mass is 9.92. The Morgan fingerprint density at radius 2 is 2.30 bits per heavy atom. The van der Waals surface area contributed by atoms with E-state index in [4.69, 9.17) is 4.42 Å². The van der Waals surface area contributed by atoms with E-state index in [1.54, 1.807) is 4.57 Å². The van der Waals surface area contributed by atoms with Crippen molar-refractivity contribution in [3.63, 3.8) is 0 Å². The Balaban J connectivity index is 1.89. The Bertz CT molecular complexity index is 648. The van der Waals surface area contributed by atoms with Crippen LogP contribution >= 0.6 is 0 Å². The van der Waals surface area contributed by atoms with E-state index < -0.39 is 0 Å². The summed E-state index contributed by atoms with van der Waals surface area (Å²) in [5.74, 6) is 0.437. The van der Waals surface area contributed by atoms with Crippen LogP contribution in [0.15, 0.2) is 27.4 Å². The van der Waals surface area contributed by atoms with Gasteiger partial charge in [0.25, 0.3) is 0 Å². The Hall–Kier alpha value is -1.55. The van der Waals surface area contributed by atoms with Crippen LogP contribution in [-0.4, -0.2) is 17.7 Å². The van der Waals surface area contributed by atoms with Gasteiger partial charge in [-0.25, -0.2) is 4.79 Å². The highest BCUT2D eigenvalue weighted by Crippen LogP contribution is 2.22. The molecule has 1 aliphatic rings. The van der Waals surface area contributed by atoms with Crippen LogP contribution in [0.25, 0.3) is 11.1 Å². The van der Waals surface area contributed by atoms with Gasteiger partial charge in [-0.15, -0.1) is 0 Å². The van der Waals surface area contributed by atoms with Gasteiger partial charge in [0.15, 0.2) is 5.58 Å². The number of hydrogen-bond donors (Lipinski definition) is 1. The molecule has 3 rings (SSSR count). The van der Waals surface area contributed by atoms with Crippen LogP contribution in [0.5, 0.6) is 0 Å². The number of piperidine rings is 1. The fraction of sp³-hybridized carbons (Fsp3) is 0.562. The third-order valence-electron chi connectivity index (χ3n) is 4.12. The van der Waals surface area contributed by atoms with Gasteiger partial charge >= 0.3 is 5.76 Å². The van der Waals surface area contributed by atoms with E-state index in [0.29, 0.717) is 11.5 Å². The molecule has 108 valence electrons. The summed E-state index contributed by atoms with van der Waals surface area (Å²) in [7, 11) is 0. The molecule has 4 nitrogen and oxygen atoms in total. The summed E-state index contributed by atoms with van der Waals surface area (Å²) >= 11 is 0. The molecule has 1 saturated heterocycles. The quantitative estimate of drug-likeness (QED) is 0.936. The maximum absolute atomic E-state index is 11.9. The number of oxazole rings is 1. The molecular weight excluding hydrogens is 252 g/mol. The van der Waals surface area contributed by atoms with Crippen molar-refractivity contribution in [2.24, 2.45) is 5.92 Å². The zero-order valence-corrected chi connectivity index (χ0v) is 12.2. The molecule has 0 radical (unpaired) electrons. The lowest BCUT2D eigenvalue weighted by molar-refractivity contribution is 0.376. The normalized spacial score (nSPS) is 19.9. The average Bonchev–Trinajstić information content (AvgIpc) is 2.75. The fourth-order valence-electron chi connectivity index (χ4n) is 3.13. The molecule has 2 heterocycles. The van der Waals surface area contributed by atoms with Gasteiger partial charge in [-0.05, 0) is 69.8 Å². The summed E-state index contributed by atoms with van der Waals surface area (Å²) in [6, 6.07) is 6.30. The molecule has 1 N–H and O–H groups in total. The van der Waals surface area contributed by atoms with Gasteiger partial charge in [0.1, 0.15) is 0 Å². The van der Waals surface area contributed by atoms with Crippen LogP contribution in [0.2, 0.25) is 0 Å². The molecule has 1 fully saturated rings. The Morgan fingerprint density at radius 3 is 3.00 bits per heavy atom. The minimum atomic E-state index is -0.258. The van der Waals surface area contributed by atoms with Crippen molar-refractivity contribution in [2.75, 3.05) is 13.1 Å². The lowest BCUT2D eigenvalue weighted by Gasteiger charge is -2.22. The van der Waals surface area contributed by atoms with Gasteiger partial charge in [-0.2, -0.15) is 0 Å². The lowest BCUT2D eigenvalue weighted by Crippen LogP contribution is -2.30. The first-order valence-electron chi connectivity index (χ1n) is 7.50. The van der Waals surface area contributed by atoms with Crippen molar-refractivity contribution in [3.05, 3.63) is 34.3 Å². The minimum absolute atomic E-state index is 0.122. The number of benzene rings is 1. The smallest absolute Gasteiger partial charge is 0.408 e. The summed E-state index contributed by atoms with van der Waals surface area (Å²) in [6.45, 7) is 6.23. The van der Waals surface area contributed by atoms with E-state index in [1.165, 1.54) is 18.4 Å². The molecule has 2 aromatic rings. The maximum atomic E-state index is 11.9. The largest absolute Gasteiger partial charge is 0.420 e. The van der Waals surface area contributed by atoms with Crippen LogP contribution in [0.3, 0.4) is 0 Å². The van der Waals surface area contributed by atoms with Crippen molar-refractivity contribution in [2.45, 2.75) is 39.2 Å². The number of nitrogens with one attached hydrogen (secondary N) is 1. The highest BCUT2D eigenvalue weighted by molar-refractivity contribution is 5.73. The zero-order chi connectivity index (χ0) is 14.1. The molecular formula is C16H22N2O2. The van der Waals surface area contributed by atoms with E-state index in [1.807, 2.05) is 26.0 Å². The van der Waals surface area contributed by atoms with Crippen LogP contribution in [-0.2, 0) is 6.42 Å². The fourth-order valence-corrected chi connectivity index (χ4v) is 3.13. The molecule has 20 heavy (non-hydrogen) atoms. The molecule has 4 heteroatoms. The summed E-state index contributed by atoms with van der Waals surface area (Å²) in [5, 5.41) is 3.44. The second-order valence-corrected chi connectivity index (χ2v) is 6.05. The standard InChI is InChI=1S/C16H22N2O2/c1-11(2)18-14-6-5-12(9-15(14)20-16(18)19)8-13-4-3-7-17-10-13/h5-6,9,11,13,17H,3-4,7-8,10H2,1-2H3. The minimum Gasteiger partial charge on any atom is -0.408 e. The Morgan fingerprint density at radius 1 is 1.45 bits per heavy atom. The molecule has 1 atom stereocenters.